The molecular formula is C26H36O18. The summed E-state index contributed by atoms with van der Waals surface area (Å²) in [5.74, 6) is -5.94. The first-order valence-electron chi connectivity index (χ1n) is 13.3. The number of ether oxygens (including phenoxy) is 10. The largest absolute Gasteiger partial charge is 0.463 e. The van der Waals surface area contributed by atoms with Crippen molar-refractivity contribution in [2.45, 2.75) is 110 Å². The van der Waals surface area contributed by atoms with Crippen molar-refractivity contribution in [2.24, 2.45) is 0 Å². The first-order valence-corrected chi connectivity index (χ1v) is 13.3. The Labute approximate surface area is 251 Å². The summed E-state index contributed by atoms with van der Waals surface area (Å²) >= 11 is 0. The van der Waals surface area contributed by atoms with E-state index in [2.05, 4.69) is 0 Å². The Kier molecular flexibility index (Phi) is 13.4. The Morgan fingerprint density at radius 3 is 1.27 bits per heavy atom. The Morgan fingerprint density at radius 1 is 0.477 bits per heavy atom. The molecule has 2 aliphatic rings. The second-order valence-electron chi connectivity index (χ2n) is 9.69. The van der Waals surface area contributed by atoms with E-state index in [4.69, 9.17) is 47.4 Å². The van der Waals surface area contributed by atoms with Crippen molar-refractivity contribution in [3.63, 3.8) is 0 Å². The molecule has 2 heterocycles. The van der Waals surface area contributed by atoms with Crippen LogP contribution in [0.25, 0.3) is 0 Å². The molecule has 0 amide bonds. The normalized spacial score (nSPS) is 31.5. The van der Waals surface area contributed by atoms with Gasteiger partial charge in [-0.05, 0) is 0 Å². The van der Waals surface area contributed by atoms with Crippen molar-refractivity contribution in [2.75, 3.05) is 13.2 Å². The summed E-state index contributed by atoms with van der Waals surface area (Å²) in [5, 5.41) is 10.6. The third-order valence-electron chi connectivity index (χ3n) is 5.89. The Bertz CT molecular complexity index is 1090. The molecule has 0 aromatic carbocycles. The molecule has 0 bridgehead atoms. The Morgan fingerprint density at radius 2 is 0.841 bits per heavy atom. The maximum atomic E-state index is 12.1. The van der Waals surface area contributed by atoms with Crippen molar-refractivity contribution >= 4 is 41.8 Å². The van der Waals surface area contributed by atoms with Crippen LogP contribution in [-0.2, 0) is 80.9 Å². The quantitative estimate of drug-likeness (QED) is 0.203. The lowest BCUT2D eigenvalue weighted by atomic mass is 9.97. The summed E-state index contributed by atoms with van der Waals surface area (Å²) in [6, 6.07) is 0. The van der Waals surface area contributed by atoms with E-state index in [-0.39, 0.29) is 0 Å². The molecule has 2 fully saturated rings. The molecule has 0 spiro atoms. The van der Waals surface area contributed by atoms with Crippen molar-refractivity contribution in [1.82, 2.24) is 0 Å². The van der Waals surface area contributed by atoms with Crippen molar-refractivity contribution < 1.29 is 86.0 Å². The van der Waals surface area contributed by atoms with Crippen LogP contribution in [0, 0.1) is 0 Å². The molecule has 1 N–H and O–H groups in total. The molecule has 0 aromatic rings. The van der Waals surface area contributed by atoms with E-state index in [1.54, 1.807) is 0 Å². The van der Waals surface area contributed by atoms with E-state index in [1.807, 2.05) is 0 Å². The highest BCUT2D eigenvalue weighted by atomic mass is 16.7. The molecule has 0 radical (unpaired) electrons. The van der Waals surface area contributed by atoms with Gasteiger partial charge in [-0.15, -0.1) is 0 Å². The molecule has 2 aliphatic heterocycles. The number of aliphatic hydroxyl groups is 1. The third-order valence-corrected chi connectivity index (χ3v) is 5.89. The molecule has 10 atom stereocenters. The van der Waals surface area contributed by atoms with Gasteiger partial charge in [0.1, 0.15) is 18.8 Å². The van der Waals surface area contributed by atoms with Crippen LogP contribution in [0.1, 0.15) is 48.5 Å². The van der Waals surface area contributed by atoms with E-state index in [1.165, 1.54) is 0 Å². The molecule has 2 saturated heterocycles. The number of aliphatic hydroxyl groups excluding tert-OH is 1. The molecule has 1 unspecified atom stereocenters. The van der Waals surface area contributed by atoms with Crippen LogP contribution in [0.15, 0.2) is 0 Å². The van der Waals surface area contributed by atoms with E-state index < -0.39 is 116 Å². The zero-order valence-corrected chi connectivity index (χ0v) is 25.1. The van der Waals surface area contributed by atoms with Gasteiger partial charge in [0.05, 0.1) is 6.61 Å². The van der Waals surface area contributed by atoms with Gasteiger partial charge in [0.2, 0.25) is 0 Å². The lowest BCUT2D eigenvalue weighted by Crippen LogP contribution is -2.64. The SMILES string of the molecule is CC(=O)OC[C@H]1O[C@H](OC[C@H]2OC(O)[C@@H](OC(C)=O)[C@@H](OC(C)=O)[C@@H]2OC(C)=O)[C@@H](OC(C)=O)[C@@H](OC(C)=O)[C@@H]1OC(C)=O. The summed E-state index contributed by atoms with van der Waals surface area (Å²) in [7, 11) is 0. The van der Waals surface area contributed by atoms with Crippen molar-refractivity contribution in [3.8, 4) is 0 Å². The lowest BCUT2D eigenvalue weighted by molar-refractivity contribution is -0.330. The van der Waals surface area contributed by atoms with Crippen molar-refractivity contribution in [3.05, 3.63) is 0 Å². The number of rotatable bonds is 11. The number of carbonyl (C=O) groups is 7. The maximum Gasteiger partial charge on any atom is 0.303 e. The van der Waals surface area contributed by atoms with Crippen LogP contribution in [0.2, 0.25) is 0 Å². The second kappa shape index (κ2) is 16.3. The van der Waals surface area contributed by atoms with Crippen LogP contribution < -0.4 is 0 Å². The zero-order valence-electron chi connectivity index (χ0n) is 25.1. The van der Waals surface area contributed by atoms with Gasteiger partial charge in [-0.25, -0.2) is 0 Å². The van der Waals surface area contributed by atoms with Gasteiger partial charge >= 0.3 is 41.8 Å². The fraction of sp³-hybridized carbons (Fsp3) is 0.731. The highest BCUT2D eigenvalue weighted by Gasteiger charge is 2.55. The van der Waals surface area contributed by atoms with Crippen molar-refractivity contribution in [1.29, 1.82) is 0 Å². The molecule has 0 saturated carbocycles. The summed E-state index contributed by atoms with van der Waals surface area (Å²) in [6.45, 7) is 6.15. The maximum absolute atomic E-state index is 12.1. The predicted molar refractivity (Wildman–Crippen MR) is 135 cm³/mol. The van der Waals surface area contributed by atoms with Gasteiger partial charge in [0.25, 0.3) is 0 Å². The minimum Gasteiger partial charge on any atom is -0.463 e. The summed E-state index contributed by atoms with van der Waals surface area (Å²) in [5.41, 5.74) is 0. The van der Waals surface area contributed by atoms with Crippen LogP contribution in [0.3, 0.4) is 0 Å². The summed E-state index contributed by atoms with van der Waals surface area (Å²) < 4.78 is 53.7. The fourth-order valence-corrected chi connectivity index (χ4v) is 4.52. The molecule has 18 heteroatoms. The number of esters is 7. The number of hydrogen-bond acceptors (Lipinski definition) is 18. The summed E-state index contributed by atoms with van der Waals surface area (Å²) in [4.78, 5) is 83.0. The topological polar surface area (TPSA) is 232 Å². The molecule has 18 nitrogen and oxygen atoms in total. The molecule has 2 rings (SSSR count). The number of hydrogen-bond donors (Lipinski definition) is 1. The van der Waals surface area contributed by atoms with Crippen LogP contribution in [-0.4, -0.2) is 122 Å². The van der Waals surface area contributed by atoms with Gasteiger partial charge in [-0.1, -0.05) is 0 Å². The minimum absolute atomic E-state index is 0.523. The fourth-order valence-electron chi connectivity index (χ4n) is 4.52. The number of carbonyl (C=O) groups excluding carboxylic acids is 7. The highest BCUT2D eigenvalue weighted by molar-refractivity contribution is 5.69. The van der Waals surface area contributed by atoms with E-state index in [0.717, 1.165) is 48.5 Å². The first kappa shape index (κ1) is 36.3. The van der Waals surface area contributed by atoms with Gasteiger partial charge in [-0.3, -0.25) is 33.6 Å². The molecular weight excluding hydrogens is 600 g/mol. The molecule has 248 valence electrons. The smallest absolute Gasteiger partial charge is 0.303 e. The van der Waals surface area contributed by atoms with Gasteiger partial charge in [-0.2, -0.15) is 0 Å². The average Bonchev–Trinajstić information content (AvgIpc) is 2.87. The van der Waals surface area contributed by atoms with Gasteiger partial charge < -0.3 is 52.5 Å². The van der Waals surface area contributed by atoms with Gasteiger partial charge in [0.15, 0.2) is 49.2 Å². The first-order chi connectivity index (χ1) is 20.5. The molecule has 0 aliphatic carbocycles. The average molecular weight is 637 g/mol. The van der Waals surface area contributed by atoms with E-state index in [9.17, 15) is 38.7 Å². The third kappa shape index (κ3) is 10.7. The van der Waals surface area contributed by atoms with E-state index >= 15 is 0 Å². The zero-order chi connectivity index (χ0) is 33.3. The van der Waals surface area contributed by atoms with Crippen LogP contribution in [0.4, 0.5) is 0 Å². The van der Waals surface area contributed by atoms with E-state index in [0.29, 0.717) is 0 Å². The Balaban J connectivity index is 2.48. The Hall–Kier alpha value is -3.87. The van der Waals surface area contributed by atoms with Gasteiger partial charge in [0, 0.05) is 48.5 Å². The summed E-state index contributed by atoms with van der Waals surface area (Å²) in [6.07, 6.45) is -15.6. The molecule has 0 aromatic heterocycles. The standard InChI is InChI=1S/C26H36O18/c1-10(27)35-8-18-20(38-12(3)29)22(40-14(5)31)24(42-16(7)33)26(44-18)36-9-17-19(37-11(2)28)21(39-13(4)30)23(25(34)43-17)41-15(6)32/h17-26,34H,8-9H2,1-7H3/t17-,18-,19-,20-,21+,22+,23+,24+,25?,26+/m1/s1. The van der Waals surface area contributed by atoms with Crippen LogP contribution in [0.5, 0.6) is 0 Å². The molecule has 44 heavy (non-hydrogen) atoms. The predicted octanol–water partition coefficient (Wildman–Crippen LogP) is -1.40. The lowest BCUT2D eigenvalue weighted by Gasteiger charge is -2.45. The monoisotopic (exact) mass is 636 g/mol. The minimum atomic E-state index is -1.90. The highest BCUT2D eigenvalue weighted by Crippen LogP contribution is 2.32. The second-order valence-corrected chi connectivity index (χ2v) is 9.69. The van der Waals surface area contributed by atoms with Crippen LogP contribution >= 0.6 is 0 Å².